The van der Waals surface area contributed by atoms with Crippen LogP contribution >= 0.6 is 0 Å². The molecule has 2 nitrogen and oxygen atoms in total. The molecular formula is C13H12FNO. The molecule has 0 spiro atoms. The van der Waals surface area contributed by atoms with Crippen LogP contribution in [0.25, 0.3) is 0 Å². The highest BCUT2D eigenvalue weighted by Gasteiger charge is 2.08. The first kappa shape index (κ1) is 10.8. The second-order valence-corrected chi connectivity index (χ2v) is 3.63. The van der Waals surface area contributed by atoms with Crippen molar-refractivity contribution in [3.8, 4) is 0 Å². The van der Waals surface area contributed by atoms with Crippen LogP contribution in [-0.4, -0.2) is 10.1 Å². The summed E-state index contributed by atoms with van der Waals surface area (Å²) in [7, 11) is 0. The fourth-order valence-electron chi connectivity index (χ4n) is 1.53. The predicted molar refractivity (Wildman–Crippen MR) is 59.3 cm³/mol. The predicted octanol–water partition coefficient (Wildman–Crippen LogP) is 2.50. The first-order valence-electron chi connectivity index (χ1n) is 5.08. The normalized spacial score (nSPS) is 12.4. The molecule has 1 aromatic carbocycles. The lowest BCUT2D eigenvalue weighted by molar-refractivity contribution is 0.178. The highest BCUT2D eigenvalue weighted by Crippen LogP contribution is 2.17. The van der Waals surface area contributed by atoms with Crippen LogP contribution in [0.5, 0.6) is 0 Å². The van der Waals surface area contributed by atoms with Crippen LogP contribution in [-0.2, 0) is 6.42 Å². The number of benzene rings is 1. The molecule has 0 radical (unpaired) electrons. The van der Waals surface area contributed by atoms with E-state index >= 15 is 0 Å². The topological polar surface area (TPSA) is 33.1 Å². The number of rotatable bonds is 3. The molecule has 0 saturated carbocycles. The standard InChI is InChI=1S/C13H12FNO/c14-12-5-3-10(4-6-12)8-13(16)11-2-1-7-15-9-11/h1-7,9,13,16H,8H2/t13-/m1/s1. The van der Waals surface area contributed by atoms with E-state index in [0.717, 1.165) is 11.1 Å². The van der Waals surface area contributed by atoms with Crippen LogP contribution in [0.15, 0.2) is 48.8 Å². The molecule has 0 amide bonds. The number of aliphatic hydroxyl groups excluding tert-OH is 1. The molecule has 3 heteroatoms. The Labute approximate surface area is 93.4 Å². The summed E-state index contributed by atoms with van der Waals surface area (Å²) in [5.41, 5.74) is 1.67. The molecule has 0 fully saturated rings. The maximum Gasteiger partial charge on any atom is 0.123 e. The average molecular weight is 217 g/mol. The summed E-state index contributed by atoms with van der Waals surface area (Å²) >= 11 is 0. The van der Waals surface area contributed by atoms with Crippen molar-refractivity contribution >= 4 is 0 Å². The minimum Gasteiger partial charge on any atom is -0.388 e. The molecular weight excluding hydrogens is 205 g/mol. The van der Waals surface area contributed by atoms with Gasteiger partial charge >= 0.3 is 0 Å². The molecule has 16 heavy (non-hydrogen) atoms. The number of aromatic nitrogens is 1. The van der Waals surface area contributed by atoms with Gasteiger partial charge < -0.3 is 5.11 Å². The summed E-state index contributed by atoms with van der Waals surface area (Å²) in [6.07, 6.45) is 3.16. The van der Waals surface area contributed by atoms with Gasteiger partial charge in [-0.05, 0) is 29.3 Å². The summed E-state index contributed by atoms with van der Waals surface area (Å²) in [6, 6.07) is 9.74. The van der Waals surface area contributed by atoms with Gasteiger partial charge in [-0.3, -0.25) is 4.98 Å². The number of pyridine rings is 1. The van der Waals surface area contributed by atoms with E-state index in [1.165, 1.54) is 12.1 Å². The number of hydrogen-bond acceptors (Lipinski definition) is 2. The molecule has 2 rings (SSSR count). The molecule has 0 bridgehead atoms. The summed E-state index contributed by atoms with van der Waals surface area (Å²) < 4.78 is 12.7. The van der Waals surface area contributed by atoms with Crippen molar-refractivity contribution in [2.45, 2.75) is 12.5 Å². The molecule has 1 heterocycles. The third-order valence-electron chi connectivity index (χ3n) is 2.41. The van der Waals surface area contributed by atoms with Gasteiger partial charge in [-0.15, -0.1) is 0 Å². The van der Waals surface area contributed by atoms with E-state index in [1.807, 2.05) is 6.07 Å². The maximum atomic E-state index is 12.7. The van der Waals surface area contributed by atoms with E-state index in [-0.39, 0.29) is 5.82 Å². The van der Waals surface area contributed by atoms with Gasteiger partial charge in [-0.25, -0.2) is 4.39 Å². The summed E-state index contributed by atoms with van der Waals surface area (Å²) in [5.74, 6) is -0.264. The molecule has 1 atom stereocenters. The van der Waals surface area contributed by atoms with E-state index in [2.05, 4.69) is 4.98 Å². The Morgan fingerprint density at radius 3 is 2.56 bits per heavy atom. The molecule has 0 saturated heterocycles. The number of hydrogen-bond donors (Lipinski definition) is 1. The molecule has 0 aliphatic carbocycles. The lowest BCUT2D eigenvalue weighted by Crippen LogP contribution is -2.02. The molecule has 0 aliphatic rings. The van der Waals surface area contributed by atoms with E-state index in [1.54, 1.807) is 30.6 Å². The second kappa shape index (κ2) is 4.86. The SMILES string of the molecule is O[C@H](Cc1ccc(F)cc1)c1cccnc1. The Morgan fingerprint density at radius 2 is 1.94 bits per heavy atom. The van der Waals surface area contributed by atoms with E-state index in [9.17, 15) is 9.50 Å². The largest absolute Gasteiger partial charge is 0.388 e. The lowest BCUT2D eigenvalue weighted by atomic mass is 10.0. The molecule has 2 aromatic rings. The van der Waals surface area contributed by atoms with Crippen molar-refractivity contribution in [2.24, 2.45) is 0 Å². The van der Waals surface area contributed by atoms with Gasteiger partial charge in [0.25, 0.3) is 0 Å². The zero-order chi connectivity index (χ0) is 11.4. The lowest BCUT2D eigenvalue weighted by Gasteiger charge is -2.10. The molecule has 0 aliphatic heterocycles. The van der Waals surface area contributed by atoms with Crippen LogP contribution in [0.3, 0.4) is 0 Å². The number of nitrogens with zero attached hydrogens (tertiary/aromatic N) is 1. The Balaban J connectivity index is 2.08. The highest BCUT2D eigenvalue weighted by atomic mass is 19.1. The Bertz CT molecular complexity index is 441. The first-order chi connectivity index (χ1) is 7.75. The van der Waals surface area contributed by atoms with Gasteiger partial charge in [-0.2, -0.15) is 0 Å². The van der Waals surface area contributed by atoms with Crippen LogP contribution in [0, 0.1) is 5.82 Å². The van der Waals surface area contributed by atoms with Crippen molar-refractivity contribution in [3.05, 3.63) is 65.7 Å². The van der Waals surface area contributed by atoms with Crippen LogP contribution in [0.2, 0.25) is 0 Å². The first-order valence-corrected chi connectivity index (χ1v) is 5.08. The molecule has 82 valence electrons. The third kappa shape index (κ3) is 2.64. The van der Waals surface area contributed by atoms with Crippen molar-refractivity contribution in [2.75, 3.05) is 0 Å². The average Bonchev–Trinajstić information content (AvgIpc) is 2.33. The fraction of sp³-hybridized carbons (Fsp3) is 0.154. The second-order valence-electron chi connectivity index (χ2n) is 3.63. The smallest absolute Gasteiger partial charge is 0.123 e. The highest BCUT2D eigenvalue weighted by molar-refractivity contribution is 5.20. The van der Waals surface area contributed by atoms with E-state index in [4.69, 9.17) is 0 Å². The Morgan fingerprint density at radius 1 is 1.19 bits per heavy atom. The minimum absolute atomic E-state index is 0.264. The van der Waals surface area contributed by atoms with E-state index in [0.29, 0.717) is 6.42 Å². The van der Waals surface area contributed by atoms with Crippen LogP contribution in [0.1, 0.15) is 17.2 Å². The molecule has 0 unspecified atom stereocenters. The van der Waals surface area contributed by atoms with Gasteiger partial charge in [0.2, 0.25) is 0 Å². The van der Waals surface area contributed by atoms with Gasteiger partial charge in [0.15, 0.2) is 0 Å². The van der Waals surface area contributed by atoms with Crippen molar-refractivity contribution in [1.82, 2.24) is 4.98 Å². The molecule has 1 N–H and O–H groups in total. The number of halogens is 1. The molecule has 1 aromatic heterocycles. The monoisotopic (exact) mass is 217 g/mol. The summed E-state index contributed by atoms with van der Waals surface area (Å²) in [4.78, 5) is 3.94. The zero-order valence-corrected chi connectivity index (χ0v) is 8.68. The minimum atomic E-state index is -0.598. The quantitative estimate of drug-likeness (QED) is 0.856. The van der Waals surface area contributed by atoms with Crippen molar-refractivity contribution < 1.29 is 9.50 Å². The maximum absolute atomic E-state index is 12.7. The fourth-order valence-corrected chi connectivity index (χ4v) is 1.53. The van der Waals surface area contributed by atoms with Gasteiger partial charge in [0.1, 0.15) is 5.82 Å². The summed E-state index contributed by atoms with van der Waals surface area (Å²) in [6.45, 7) is 0. The van der Waals surface area contributed by atoms with Crippen molar-refractivity contribution in [1.29, 1.82) is 0 Å². The van der Waals surface area contributed by atoms with Gasteiger partial charge in [0, 0.05) is 18.8 Å². The Hall–Kier alpha value is -1.74. The Kier molecular flexibility index (Phi) is 3.27. The van der Waals surface area contributed by atoms with Crippen molar-refractivity contribution in [3.63, 3.8) is 0 Å². The van der Waals surface area contributed by atoms with Crippen LogP contribution < -0.4 is 0 Å². The zero-order valence-electron chi connectivity index (χ0n) is 8.68. The van der Waals surface area contributed by atoms with Gasteiger partial charge in [0.05, 0.1) is 6.10 Å². The number of aliphatic hydroxyl groups is 1. The van der Waals surface area contributed by atoms with Crippen LogP contribution in [0.4, 0.5) is 4.39 Å². The summed E-state index contributed by atoms with van der Waals surface area (Å²) in [5, 5.41) is 9.91. The van der Waals surface area contributed by atoms with E-state index < -0.39 is 6.10 Å². The third-order valence-corrected chi connectivity index (χ3v) is 2.41. The van der Waals surface area contributed by atoms with Gasteiger partial charge in [-0.1, -0.05) is 18.2 Å².